The van der Waals surface area contributed by atoms with Gasteiger partial charge in [0, 0.05) is 6.04 Å². The summed E-state index contributed by atoms with van der Waals surface area (Å²) in [6.45, 7) is 6.94. The van der Waals surface area contributed by atoms with Crippen molar-refractivity contribution in [1.29, 1.82) is 0 Å². The number of nitrogens with zero attached hydrogens (tertiary/aromatic N) is 3. The van der Waals surface area contributed by atoms with Crippen molar-refractivity contribution in [3.63, 3.8) is 0 Å². The average molecular weight is 301 g/mol. The first-order valence-corrected chi connectivity index (χ1v) is 7.84. The standard InChI is InChI=1S/C14H25ClN4O/c1-4-6-7-8-9-11(3)16-13-17-12(15)18-14(19-13)20-10-5-2/h11H,4-10H2,1-3H3,(H,16,17,18,19). The highest BCUT2D eigenvalue weighted by atomic mass is 35.5. The van der Waals surface area contributed by atoms with Crippen LogP contribution in [0.3, 0.4) is 0 Å². The van der Waals surface area contributed by atoms with Gasteiger partial charge in [-0.15, -0.1) is 0 Å². The van der Waals surface area contributed by atoms with Crippen molar-refractivity contribution in [2.45, 2.75) is 65.3 Å². The minimum absolute atomic E-state index is 0.159. The first-order valence-electron chi connectivity index (χ1n) is 7.46. The molecule has 6 heteroatoms. The molecule has 1 aromatic rings. The SMILES string of the molecule is CCCCCCC(C)Nc1nc(Cl)nc(OCCC)n1. The summed E-state index contributed by atoms with van der Waals surface area (Å²) >= 11 is 5.88. The molecule has 0 aliphatic rings. The summed E-state index contributed by atoms with van der Waals surface area (Å²) in [4.78, 5) is 12.2. The quantitative estimate of drug-likeness (QED) is 0.660. The molecule has 0 spiro atoms. The average Bonchev–Trinajstić information content (AvgIpc) is 2.41. The van der Waals surface area contributed by atoms with Gasteiger partial charge in [0.2, 0.25) is 11.2 Å². The highest BCUT2D eigenvalue weighted by Gasteiger charge is 2.09. The van der Waals surface area contributed by atoms with Crippen molar-refractivity contribution >= 4 is 17.5 Å². The maximum Gasteiger partial charge on any atom is 0.322 e. The largest absolute Gasteiger partial charge is 0.463 e. The van der Waals surface area contributed by atoms with E-state index in [1.54, 1.807) is 0 Å². The number of hydrogen-bond donors (Lipinski definition) is 1. The summed E-state index contributed by atoms with van der Waals surface area (Å²) in [6.07, 6.45) is 7.02. The first kappa shape index (κ1) is 17.0. The molecule has 1 rings (SSSR count). The Balaban J connectivity index is 2.47. The second-order valence-electron chi connectivity index (χ2n) is 4.95. The molecule has 0 fully saturated rings. The molecule has 5 nitrogen and oxygen atoms in total. The summed E-state index contributed by atoms with van der Waals surface area (Å²) in [5.74, 6) is 0.485. The minimum Gasteiger partial charge on any atom is -0.463 e. The predicted molar refractivity (Wildman–Crippen MR) is 82.5 cm³/mol. The van der Waals surface area contributed by atoms with Gasteiger partial charge in [-0.2, -0.15) is 15.0 Å². The van der Waals surface area contributed by atoms with Crippen molar-refractivity contribution in [3.05, 3.63) is 5.28 Å². The topological polar surface area (TPSA) is 59.9 Å². The van der Waals surface area contributed by atoms with Gasteiger partial charge in [-0.1, -0.05) is 39.5 Å². The van der Waals surface area contributed by atoms with Gasteiger partial charge in [0.05, 0.1) is 6.61 Å². The van der Waals surface area contributed by atoms with Crippen molar-refractivity contribution in [3.8, 4) is 6.01 Å². The van der Waals surface area contributed by atoms with Gasteiger partial charge in [0.25, 0.3) is 0 Å². The Kier molecular flexibility index (Phi) is 8.26. The predicted octanol–water partition coefficient (Wildman–Crippen LogP) is 4.08. The van der Waals surface area contributed by atoms with Gasteiger partial charge in [0.15, 0.2) is 0 Å². The molecule has 1 atom stereocenters. The van der Waals surface area contributed by atoms with Crippen LogP contribution in [0.15, 0.2) is 0 Å². The van der Waals surface area contributed by atoms with E-state index >= 15 is 0 Å². The monoisotopic (exact) mass is 300 g/mol. The zero-order valence-corrected chi connectivity index (χ0v) is 13.4. The lowest BCUT2D eigenvalue weighted by molar-refractivity contribution is 0.291. The highest BCUT2D eigenvalue weighted by molar-refractivity contribution is 6.28. The Labute approximate surface area is 126 Å². The van der Waals surface area contributed by atoms with E-state index in [1.807, 2.05) is 6.92 Å². The molecule has 20 heavy (non-hydrogen) atoms. The maximum absolute atomic E-state index is 5.88. The molecule has 0 bridgehead atoms. The number of anilines is 1. The molecule has 0 saturated heterocycles. The second kappa shape index (κ2) is 9.75. The molecule has 0 aromatic carbocycles. The number of rotatable bonds is 10. The Morgan fingerprint density at radius 3 is 2.60 bits per heavy atom. The van der Waals surface area contributed by atoms with E-state index < -0.39 is 0 Å². The first-order chi connectivity index (χ1) is 9.65. The molecule has 1 heterocycles. The van der Waals surface area contributed by atoms with Crippen molar-refractivity contribution in [2.75, 3.05) is 11.9 Å². The van der Waals surface area contributed by atoms with Gasteiger partial charge in [-0.3, -0.25) is 0 Å². The summed E-state index contributed by atoms with van der Waals surface area (Å²) in [5.41, 5.74) is 0. The van der Waals surface area contributed by atoms with Crippen LogP contribution in [0.5, 0.6) is 6.01 Å². The van der Waals surface area contributed by atoms with E-state index in [0.717, 1.165) is 12.8 Å². The lowest BCUT2D eigenvalue weighted by Crippen LogP contribution is -2.17. The lowest BCUT2D eigenvalue weighted by atomic mass is 10.1. The van der Waals surface area contributed by atoms with Gasteiger partial charge >= 0.3 is 6.01 Å². The third-order valence-corrected chi connectivity index (χ3v) is 3.06. The van der Waals surface area contributed by atoms with Gasteiger partial charge in [-0.05, 0) is 31.4 Å². The van der Waals surface area contributed by atoms with Crippen LogP contribution in [-0.4, -0.2) is 27.6 Å². The van der Waals surface area contributed by atoms with E-state index in [-0.39, 0.29) is 11.3 Å². The fourth-order valence-corrected chi connectivity index (χ4v) is 1.98. The molecule has 1 unspecified atom stereocenters. The lowest BCUT2D eigenvalue weighted by Gasteiger charge is -2.14. The number of ether oxygens (including phenoxy) is 1. The Morgan fingerprint density at radius 1 is 1.10 bits per heavy atom. The summed E-state index contributed by atoms with van der Waals surface area (Å²) < 4.78 is 5.38. The summed E-state index contributed by atoms with van der Waals surface area (Å²) in [5, 5.41) is 3.41. The number of unbranched alkanes of at least 4 members (excludes halogenated alkanes) is 3. The van der Waals surface area contributed by atoms with Gasteiger partial charge < -0.3 is 10.1 Å². The van der Waals surface area contributed by atoms with Crippen LogP contribution in [0.25, 0.3) is 0 Å². The van der Waals surface area contributed by atoms with Crippen LogP contribution in [0, 0.1) is 0 Å². The zero-order valence-electron chi connectivity index (χ0n) is 12.7. The molecule has 0 aliphatic carbocycles. The fraction of sp³-hybridized carbons (Fsp3) is 0.786. The second-order valence-corrected chi connectivity index (χ2v) is 5.29. The maximum atomic E-state index is 5.88. The minimum atomic E-state index is 0.159. The third kappa shape index (κ3) is 6.89. The molecular formula is C14H25ClN4O. The van der Waals surface area contributed by atoms with Crippen LogP contribution in [0.1, 0.15) is 59.3 Å². The Bertz CT molecular complexity index is 389. The summed E-state index contributed by atoms with van der Waals surface area (Å²) in [7, 11) is 0. The molecule has 0 radical (unpaired) electrons. The van der Waals surface area contributed by atoms with E-state index in [0.29, 0.717) is 18.6 Å². The third-order valence-electron chi connectivity index (χ3n) is 2.89. The van der Waals surface area contributed by atoms with Crippen molar-refractivity contribution < 1.29 is 4.74 Å². The van der Waals surface area contributed by atoms with Gasteiger partial charge in [0.1, 0.15) is 0 Å². The smallest absolute Gasteiger partial charge is 0.322 e. The van der Waals surface area contributed by atoms with Crippen molar-refractivity contribution in [1.82, 2.24) is 15.0 Å². The fourth-order valence-electron chi connectivity index (χ4n) is 1.82. The van der Waals surface area contributed by atoms with E-state index in [1.165, 1.54) is 25.7 Å². The van der Waals surface area contributed by atoms with Crippen molar-refractivity contribution in [2.24, 2.45) is 0 Å². The molecule has 0 amide bonds. The van der Waals surface area contributed by atoms with Crippen LogP contribution in [-0.2, 0) is 0 Å². The molecule has 0 saturated carbocycles. The number of halogens is 1. The molecule has 0 aliphatic heterocycles. The number of aromatic nitrogens is 3. The van der Waals surface area contributed by atoms with E-state index in [2.05, 4.69) is 34.1 Å². The number of nitrogens with one attached hydrogen (secondary N) is 1. The number of hydrogen-bond acceptors (Lipinski definition) is 5. The van der Waals surface area contributed by atoms with E-state index in [4.69, 9.17) is 16.3 Å². The molecular weight excluding hydrogens is 276 g/mol. The van der Waals surface area contributed by atoms with Crippen LogP contribution in [0.2, 0.25) is 5.28 Å². The zero-order chi connectivity index (χ0) is 14.8. The van der Waals surface area contributed by atoms with Crippen LogP contribution < -0.4 is 10.1 Å². The Hall–Kier alpha value is -1.10. The van der Waals surface area contributed by atoms with Crippen LogP contribution in [0.4, 0.5) is 5.95 Å². The molecule has 1 aromatic heterocycles. The normalized spacial score (nSPS) is 12.2. The molecule has 1 N–H and O–H groups in total. The summed E-state index contributed by atoms with van der Waals surface area (Å²) in [6, 6.07) is 0.594. The van der Waals surface area contributed by atoms with Crippen LogP contribution >= 0.6 is 11.6 Å². The van der Waals surface area contributed by atoms with E-state index in [9.17, 15) is 0 Å². The highest BCUT2D eigenvalue weighted by Crippen LogP contribution is 2.14. The molecule has 114 valence electrons. The Morgan fingerprint density at radius 2 is 1.90 bits per heavy atom. The van der Waals surface area contributed by atoms with Gasteiger partial charge in [-0.25, -0.2) is 0 Å².